The number of hydrogen-bond acceptors (Lipinski definition) is 3. The monoisotopic (exact) mass is 483 g/mol. The molecule has 7 heteroatoms. The van der Waals surface area contributed by atoms with Crippen LogP contribution in [0.5, 0.6) is 0 Å². The first-order valence-corrected chi connectivity index (χ1v) is 9.99. The average molecular weight is 483 g/mol. The first-order chi connectivity index (χ1) is 12.0. The lowest BCUT2D eigenvalue weighted by molar-refractivity contribution is -0.130. The van der Waals surface area contributed by atoms with Crippen molar-refractivity contribution in [1.29, 1.82) is 0 Å². The molecule has 26 heavy (non-hydrogen) atoms. The van der Waals surface area contributed by atoms with Gasteiger partial charge in [-0.2, -0.15) is 0 Å². The molecule has 0 saturated heterocycles. The molecule has 1 amide bonds. The Balaban J connectivity index is 0. The van der Waals surface area contributed by atoms with Crippen molar-refractivity contribution in [2.75, 3.05) is 53.4 Å². The highest BCUT2D eigenvalue weighted by Crippen LogP contribution is 2.03. The molecular formula is C19H42IN5O. The van der Waals surface area contributed by atoms with Crippen LogP contribution < -0.4 is 10.6 Å². The fourth-order valence-corrected chi connectivity index (χ4v) is 2.63. The van der Waals surface area contributed by atoms with Gasteiger partial charge in [-0.1, -0.05) is 19.3 Å². The number of amides is 1. The van der Waals surface area contributed by atoms with Gasteiger partial charge < -0.3 is 20.4 Å². The zero-order chi connectivity index (χ0) is 18.9. The second-order valence-electron chi connectivity index (χ2n) is 6.57. The Morgan fingerprint density at radius 1 is 0.923 bits per heavy atom. The number of unbranched alkanes of at least 4 members (excludes halogenated alkanes) is 4. The highest BCUT2D eigenvalue weighted by Gasteiger charge is 2.08. The predicted molar refractivity (Wildman–Crippen MR) is 124 cm³/mol. The lowest BCUT2D eigenvalue weighted by Crippen LogP contribution is -2.40. The number of aliphatic imine (C=N–C) groups is 1. The minimum Gasteiger partial charge on any atom is -0.357 e. The third-order valence-electron chi connectivity index (χ3n) is 4.13. The van der Waals surface area contributed by atoms with Crippen molar-refractivity contribution in [3.63, 3.8) is 0 Å². The highest BCUT2D eigenvalue weighted by molar-refractivity contribution is 14.0. The number of guanidine groups is 1. The van der Waals surface area contributed by atoms with E-state index in [1.807, 2.05) is 18.7 Å². The predicted octanol–water partition coefficient (Wildman–Crippen LogP) is 2.93. The van der Waals surface area contributed by atoms with Crippen molar-refractivity contribution < 1.29 is 4.79 Å². The lowest BCUT2D eigenvalue weighted by atomic mass is 10.1. The van der Waals surface area contributed by atoms with E-state index in [0.29, 0.717) is 13.0 Å². The highest BCUT2D eigenvalue weighted by atomic mass is 127. The second kappa shape index (κ2) is 19.2. The minimum absolute atomic E-state index is 0. The molecule has 0 spiro atoms. The number of hydrogen-bond donors (Lipinski definition) is 2. The van der Waals surface area contributed by atoms with Crippen LogP contribution in [-0.2, 0) is 4.79 Å². The van der Waals surface area contributed by atoms with Crippen LogP contribution in [0.2, 0.25) is 0 Å². The van der Waals surface area contributed by atoms with E-state index in [0.717, 1.165) is 38.6 Å². The number of nitrogens with one attached hydrogen (secondary N) is 2. The molecule has 0 radical (unpaired) electrons. The normalized spacial score (nSPS) is 11.2. The minimum atomic E-state index is 0. The first kappa shape index (κ1) is 27.6. The SMILES string of the molecule is CCNC(=NCCCCCCCN(C)C)NCCC(=O)N(CC)CC.I. The van der Waals surface area contributed by atoms with Crippen molar-refractivity contribution in [1.82, 2.24) is 20.4 Å². The van der Waals surface area contributed by atoms with Crippen molar-refractivity contribution >= 4 is 35.8 Å². The molecule has 0 unspecified atom stereocenters. The van der Waals surface area contributed by atoms with Crippen LogP contribution in [0.3, 0.4) is 0 Å². The molecule has 0 bridgehead atoms. The molecule has 0 rings (SSSR count). The summed E-state index contributed by atoms with van der Waals surface area (Å²) in [5, 5.41) is 6.51. The van der Waals surface area contributed by atoms with E-state index in [2.05, 4.69) is 41.5 Å². The standard InChI is InChI=1S/C19H41N5O.HI/c1-6-20-19(22-16-14-18(25)24(7-2)8-3)21-15-12-10-9-11-13-17-23(4)5;/h6-17H2,1-5H3,(H2,20,21,22);1H. The summed E-state index contributed by atoms with van der Waals surface area (Å²) >= 11 is 0. The Labute approximate surface area is 178 Å². The maximum atomic E-state index is 12.0. The molecule has 0 aliphatic rings. The van der Waals surface area contributed by atoms with E-state index >= 15 is 0 Å². The third-order valence-corrected chi connectivity index (χ3v) is 4.13. The summed E-state index contributed by atoms with van der Waals surface area (Å²) in [5.74, 6) is 1.02. The van der Waals surface area contributed by atoms with Gasteiger partial charge in [0.1, 0.15) is 0 Å². The number of halogens is 1. The van der Waals surface area contributed by atoms with Gasteiger partial charge in [-0.05, 0) is 54.3 Å². The van der Waals surface area contributed by atoms with Gasteiger partial charge in [0.2, 0.25) is 5.91 Å². The Hall–Kier alpha value is -0.570. The number of carbonyl (C=O) groups excluding carboxylic acids is 1. The number of carbonyl (C=O) groups is 1. The molecule has 156 valence electrons. The maximum absolute atomic E-state index is 12.0. The van der Waals surface area contributed by atoms with Crippen LogP contribution in [0.15, 0.2) is 4.99 Å². The summed E-state index contributed by atoms with van der Waals surface area (Å²) in [6.45, 7) is 11.1. The van der Waals surface area contributed by atoms with E-state index < -0.39 is 0 Å². The van der Waals surface area contributed by atoms with E-state index in [1.54, 1.807) is 0 Å². The van der Waals surface area contributed by atoms with Gasteiger partial charge >= 0.3 is 0 Å². The maximum Gasteiger partial charge on any atom is 0.224 e. The van der Waals surface area contributed by atoms with Crippen molar-refractivity contribution in [2.45, 2.75) is 59.3 Å². The quantitative estimate of drug-likeness (QED) is 0.173. The number of nitrogens with zero attached hydrogens (tertiary/aromatic N) is 3. The molecule has 6 nitrogen and oxygen atoms in total. The molecule has 0 fully saturated rings. The lowest BCUT2D eigenvalue weighted by Gasteiger charge is -2.19. The topological polar surface area (TPSA) is 60.0 Å². The molecule has 0 aromatic carbocycles. The van der Waals surface area contributed by atoms with Crippen LogP contribution in [0.4, 0.5) is 0 Å². The summed E-state index contributed by atoms with van der Waals surface area (Å²) in [7, 11) is 4.25. The average Bonchev–Trinajstić information content (AvgIpc) is 2.58. The Bertz CT molecular complexity index is 360. The van der Waals surface area contributed by atoms with Crippen molar-refractivity contribution in [3.8, 4) is 0 Å². The van der Waals surface area contributed by atoms with Crippen LogP contribution in [0, 0.1) is 0 Å². The number of rotatable bonds is 14. The van der Waals surface area contributed by atoms with Crippen LogP contribution in [0.1, 0.15) is 59.3 Å². The molecule has 2 N–H and O–H groups in total. The zero-order valence-electron chi connectivity index (χ0n) is 17.6. The van der Waals surface area contributed by atoms with Gasteiger partial charge in [0.05, 0.1) is 0 Å². The summed E-state index contributed by atoms with van der Waals surface area (Å²) in [4.78, 5) is 20.7. The Morgan fingerprint density at radius 3 is 2.12 bits per heavy atom. The van der Waals surface area contributed by atoms with Gasteiger partial charge in [0.25, 0.3) is 0 Å². The largest absolute Gasteiger partial charge is 0.357 e. The van der Waals surface area contributed by atoms with Crippen LogP contribution >= 0.6 is 24.0 Å². The summed E-state index contributed by atoms with van der Waals surface area (Å²) < 4.78 is 0. The molecule has 0 aliphatic carbocycles. The van der Waals surface area contributed by atoms with Gasteiger partial charge in [0.15, 0.2) is 5.96 Å². The summed E-state index contributed by atoms with van der Waals surface area (Å²) in [6.07, 6.45) is 6.73. The molecule has 0 aliphatic heterocycles. The first-order valence-electron chi connectivity index (χ1n) is 9.99. The molecule has 0 aromatic heterocycles. The van der Waals surface area contributed by atoms with Crippen LogP contribution in [-0.4, -0.2) is 75.0 Å². The Kier molecular flexibility index (Phi) is 20.4. The van der Waals surface area contributed by atoms with E-state index in [1.165, 1.54) is 32.2 Å². The van der Waals surface area contributed by atoms with Gasteiger partial charge in [-0.25, -0.2) is 0 Å². The molecule has 0 heterocycles. The van der Waals surface area contributed by atoms with Crippen molar-refractivity contribution in [2.24, 2.45) is 4.99 Å². The van der Waals surface area contributed by atoms with E-state index in [-0.39, 0.29) is 29.9 Å². The fraction of sp³-hybridized carbons (Fsp3) is 0.895. The summed E-state index contributed by atoms with van der Waals surface area (Å²) in [6, 6.07) is 0. The molecule has 0 atom stereocenters. The molecule has 0 saturated carbocycles. The van der Waals surface area contributed by atoms with Gasteiger partial charge in [-0.3, -0.25) is 9.79 Å². The Morgan fingerprint density at radius 2 is 1.54 bits per heavy atom. The van der Waals surface area contributed by atoms with Gasteiger partial charge in [0, 0.05) is 39.1 Å². The molecule has 0 aromatic rings. The third kappa shape index (κ3) is 15.7. The molecular weight excluding hydrogens is 441 g/mol. The van der Waals surface area contributed by atoms with E-state index in [9.17, 15) is 4.79 Å². The smallest absolute Gasteiger partial charge is 0.224 e. The summed E-state index contributed by atoms with van der Waals surface area (Å²) in [5.41, 5.74) is 0. The second-order valence-corrected chi connectivity index (χ2v) is 6.57. The fourth-order valence-electron chi connectivity index (χ4n) is 2.63. The van der Waals surface area contributed by atoms with Crippen LogP contribution in [0.25, 0.3) is 0 Å². The zero-order valence-corrected chi connectivity index (χ0v) is 20.0. The van der Waals surface area contributed by atoms with E-state index in [4.69, 9.17) is 0 Å². The van der Waals surface area contributed by atoms with Crippen molar-refractivity contribution in [3.05, 3.63) is 0 Å². The van der Waals surface area contributed by atoms with Gasteiger partial charge in [-0.15, -0.1) is 24.0 Å².